The van der Waals surface area contributed by atoms with E-state index in [-0.39, 0.29) is 0 Å². The van der Waals surface area contributed by atoms with E-state index in [9.17, 15) is 5.11 Å². The number of hydrogen-bond acceptors (Lipinski definition) is 2. The average molecular weight is 210 g/mol. The van der Waals surface area contributed by atoms with Crippen molar-refractivity contribution in [1.29, 1.82) is 0 Å². The molecule has 1 aromatic carbocycles. The molecule has 3 N–H and O–H groups in total. The summed E-state index contributed by atoms with van der Waals surface area (Å²) >= 11 is 0. The van der Waals surface area contributed by atoms with Crippen LogP contribution in [0.1, 0.15) is 13.8 Å². The molecular formula is C12H20NO2+. The molecule has 0 spiro atoms. The van der Waals surface area contributed by atoms with Gasteiger partial charge < -0.3 is 15.2 Å². The lowest BCUT2D eigenvalue weighted by Gasteiger charge is -2.12. The Morgan fingerprint density at radius 3 is 2.53 bits per heavy atom. The molecule has 0 unspecified atom stereocenters. The summed E-state index contributed by atoms with van der Waals surface area (Å²) in [4.78, 5) is 0. The lowest BCUT2D eigenvalue weighted by molar-refractivity contribution is -0.688. The standard InChI is InChI=1S/C12H19NO2/c1-10(2)13-8-11(14)9-15-12-6-4-3-5-7-12/h3-7,10-11,13-14H,8-9H2,1-2H3/p+1/t11-/m0/s1. The van der Waals surface area contributed by atoms with Crippen LogP contribution in [0.3, 0.4) is 0 Å². The van der Waals surface area contributed by atoms with Crippen LogP contribution in [0.15, 0.2) is 30.3 Å². The molecule has 15 heavy (non-hydrogen) atoms. The van der Waals surface area contributed by atoms with Crippen molar-refractivity contribution in [2.45, 2.75) is 26.0 Å². The summed E-state index contributed by atoms with van der Waals surface area (Å²) in [7, 11) is 0. The SMILES string of the molecule is CC(C)[NH2+]C[C@H](O)COc1ccccc1. The highest BCUT2D eigenvalue weighted by Gasteiger charge is 2.08. The average Bonchev–Trinajstić information content (AvgIpc) is 2.25. The summed E-state index contributed by atoms with van der Waals surface area (Å²) < 4.78 is 5.43. The van der Waals surface area contributed by atoms with Crippen molar-refractivity contribution in [1.82, 2.24) is 0 Å². The third kappa shape index (κ3) is 5.40. The van der Waals surface area contributed by atoms with E-state index in [0.717, 1.165) is 5.75 Å². The maximum Gasteiger partial charge on any atom is 0.137 e. The zero-order chi connectivity index (χ0) is 11.1. The number of benzene rings is 1. The van der Waals surface area contributed by atoms with Crippen molar-refractivity contribution in [3.8, 4) is 5.75 Å². The van der Waals surface area contributed by atoms with E-state index in [0.29, 0.717) is 19.2 Å². The highest BCUT2D eigenvalue weighted by Crippen LogP contribution is 2.07. The number of nitrogens with two attached hydrogens (primary N) is 1. The zero-order valence-corrected chi connectivity index (χ0v) is 9.39. The molecule has 0 amide bonds. The summed E-state index contributed by atoms with van der Waals surface area (Å²) in [6.45, 7) is 5.24. The Balaban J connectivity index is 2.19. The van der Waals surface area contributed by atoms with E-state index in [1.54, 1.807) is 0 Å². The predicted molar refractivity (Wildman–Crippen MR) is 59.9 cm³/mol. The van der Waals surface area contributed by atoms with Crippen LogP contribution in [0.4, 0.5) is 0 Å². The second kappa shape index (κ2) is 6.43. The zero-order valence-electron chi connectivity index (χ0n) is 9.39. The first-order valence-electron chi connectivity index (χ1n) is 5.37. The van der Waals surface area contributed by atoms with Gasteiger partial charge in [0.15, 0.2) is 0 Å². The predicted octanol–water partition coefficient (Wildman–Crippen LogP) is 0.398. The Morgan fingerprint density at radius 1 is 1.27 bits per heavy atom. The molecule has 0 saturated carbocycles. The van der Waals surface area contributed by atoms with Crippen molar-refractivity contribution < 1.29 is 15.2 Å². The number of rotatable bonds is 6. The smallest absolute Gasteiger partial charge is 0.137 e. The summed E-state index contributed by atoms with van der Waals surface area (Å²) in [6.07, 6.45) is -0.410. The minimum absolute atomic E-state index is 0.354. The van der Waals surface area contributed by atoms with Crippen LogP contribution in [-0.2, 0) is 0 Å². The molecule has 3 heteroatoms. The Morgan fingerprint density at radius 2 is 1.93 bits per heavy atom. The van der Waals surface area contributed by atoms with Gasteiger partial charge in [0, 0.05) is 0 Å². The lowest BCUT2D eigenvalue weighted by Crippen LogP contribution is -2.90. The fourth-order valence-electron chi connectivity index (χ4n) is 1.21. The van der Waals surface area contributed by atoms with E-state index in [1.165, 1.54) is 0 Å². The van der Waals surface area contributed by atoms with E-state index in [1.807, 2.05) is 30.3 Å². The minimum atomic E-state index is -0.410. The second-order valence-electron chi connectivity index (χ2n) is 3.99. The van der Waals surface area contributed by atoms with Gasteiger partial charge in [-0.2, -0.15) is 0 Å². The van der Waals surface area contributed by atoms with Crippen molar-refractivity contribution >= 4 is 0 Å². The number of aliphatic hydroxyl groups excluding tert-OH is 1. The van der Waals surface area contributed by atoms with Crippen LogP contribution in [0.5, 0.6) is 5.75 Å². The largest absolute Gasteiger partial charge is 0.491 e. The number of ether oxygens (including phenoxy) is 1. The molecule has 0 heterocycles. The monoisotopic (exact) mass is 210 g/mol. The van der Waals surface area contributed by atoms with Crippen LogP contribution >= 0.6 is 0 Å². The quantitative estimate of drug-likeness (QED) is 0.714. The molecule has 3 nitrogen and oxygen atoms in total. The van der Waals surface area contributed by atoms with Crippen molar-refractivity contribution in [3.05, 3.63) is 30.3 Å². The third-order valence-corrected chi connectivity index (χ3v) is 2.07. The summed E-state index contributed by atoms with van der Waals surface area (Å²) in [5.74, 6) is 0.807. The molecule has 1 aromatic rings. The van der Waals surface area contributed by atoms with Crippen molar-refractivity contribution in [2.75, 3.05) is 13.2 Å². The van der Waals surface area contributed by atoms with Gasteiger partial charge in [0.2, 0.25) is 0 Å². The minimum Gasteiger partial charge on any atom is -0.491 e. The van der Waals surface area contributed by atoms with E-state index < -0.39 is 6.10 Å². The summed E-state index contributed by atoms with van der Waals surface area (Å²) in [5, 5.41) is 11.7. The van der Waals surface area contributed by atoms with Gasteiger partial charge in [-0.15, -0.1) is 0 Å². The highest BCUT2D eigenvalue weighted by atomic mass is 16.5. The molecule has 0 aliphatic heterocycles. The Hall–Kier alpha value is -1.06. The molecule has 0 radical (unpaired) electrons. The number of hydrogen-bond donors (Lipinski definition) is 2. The molecule has 1 atom stereocenters. The molecule has 0 aliphatic carbocycles. The van der Waals surface area contributed by atoms with Gasteiger partial charge in [-0.05, 0) is 26.0 Å². The fourth-order valence-corrected chi connectivity index (χ4v) is 1.21. The van der Waals surface area contributed by atoms with E-state index >= 15 is 0 Å². The summed E-state index contributed by atoms with van der Waals surface area (Å²) in [5.41, 5.74) is 0. The highest BCUT2D eigenvalue weighted by molar-refractivity contribution is 5.20. The molecule has 0 saturated heterocycles. The molecule has 0 bridgehead atoms. The van der Waals surface area contributed by atoms with Crippen molar-refractivity contribution in [3.63, 3.8) is 0 Å². The molecule has 1 rings (SSSR count). The molecule has 0 aliphatic rings. The Labute approximate surface area is 91.1 Å². The Kier molecular flexibility index (Phi) is 5.15. The van der Waals surface area contributed by atoms with Crippen LogP contribution in [0.2, 0.25) is 0 Å². The van der Waals surface area contributed by atoms with Gasteiger partial charge in [-0.3, -0.25) is 0 Å². The van der Waals surface area contributed by atoms with Gasteiger partial charge in [-0.25, -0.2) is 0 Å². The fraction of sp³-hybridized carbons (Fsp3) is 0.500. The molecule has 0 fully saturated rings. The van der Waals surface area contributed by atoms with Crippen LogP contribution < -0.4 is 10.1 Å². The maximum atomic E-state index is 9.60. The first-order chi connectivity index (χ1) is 7.18. The van der Waals surface area contributed by atoms with Crippen LogP contribution in [0.25, 0.3) is 0 Å². The van der Waals surface area contributed by atoms with Gasteiger partial charge in [0.05, 0.1) is 6.04 Å². The Bertz CT molecular complexity index is 262. The van der Waals surface area contributed by atoms with Gasteiger partial charge in [0.25, 0.3) is 0 Å². The van der Waals surface area contributed by atoms with Crippen LogP contribution in [-0.4, -0.2) is 30.4 Å². The first kappa shape index (κ1) is 12.0. The maximum absolute atomic E-state index is 9.60. The van der Waals surface area contributed by atoms with Gasteiger partial charge in [-0.1, -0.05) is 18.2 Å². The van der Waals surface area contributed by atoms with E-state index in [2.05, 4.69) is 19.2 Å². The third-order valence-electron chi connectivity index (χ3n) is 2.07. The normalized spacial score (nSPS) is 12.8. The lowest BCUT2D eigenvalue weighted by atomic mass is 10.3. The van der Waals surface area contributed by atoms with Gasteiger partial charge in [0.1, 0.15) is 25.0 Å². The number of para-hydroxylation sites is 1. The van der Waals surface area contributed by atoms with E-state index in [4.69, 9.17) is 4.74 Å². The molecular weight excluding hydrogens is 190 g/mol. The topological polar surface area (TPSA) is 46.1 Å². The second-order valence-corrected chi connectivity index (χ2v) is 3.99. The van der Waals surface area contributed by atoms with Crippen molar-refractivity contribution in [2.24, 2.45) is 0 Å². The number of quaternary nitrogens is 1. The molecule has 84 valence electrons. The van der Waals surface area contributed by atoms with Gasteiger partial charge >= 0.3 is 0 Å². The first-order valence-corrected chi connectivity index (χ1v) is 5.37. The molecule has 0 aromatic heterocycles. The summed E-state index contributed by atoms with van der Waals surface area (Å²) in [6, 6.07) is 10.1. The number of aliphatic hydroxyl groups is 1. The van der Waals surface area contributed by atoms with Crippen LogP contribution in [0, 0.1) is 0 Å².